The Kier molecular flexibility index (Phi) is 3.39. The third-order valence-electron chi connectivity index (χ3n) is 3.08. The third-order valence-corrected chi connectivity index (χ3v) is 3.08. The van der Waals surface area contributed by atoms with Crippen molar-refractivity contribution in [2.45, 2.75) is 6.42 Å². The van der Waals surface area contributed by atoms with Crippen LogP contribution in [0.4, 0.5) is 11.4 Å². The lowest BCUT2D eigenvalue weighted by atomic mass is 10.2. The molecule has 1 aliphatic heterocycles. The molecule has 0 bridgehead atoms. The number of nitrogens with two attached hydrogens (primary N) is 1. The lowest BCUT2D eigenvalue weighted by Gasteiger charge is -2.10. The minimum atomic E-state index is -0.359. The van der Waals surface area contributed by atoms with Gasteiger partial charge >= 0.3 is 0 Å². The average molecular weight is 288 g/mol. The van der Waals surface area contributed by atoms with Crippen LogP contribution in [0.5, 0.6) is 11.5 Å². The summed E-state index contributed by atoms with van der Waals surface area (Å²) in [6, 6.07) is 5.26. The monoisotopic (exact) mass is 288 g/mol. The standard InChI is InChI=1S/C14H16N4O3/c1-18-8-10(15)13(17-18)14(19)16-9-3-4-11-12(7-9)21-6-2-5-20-11/h3-4,7-8H,2,5-6,15H2,1H3,(H,16,19). The lowest BCUT2D eigenvalue weighted by Crippen LogP contribution is -2.14. The molecule has 7 heteroatoms. The second-order valence-corrected chi connectivity index (χ2v) is 4.77. The lowest BCUT2D eigenvalue weighted by molar-refractivity contribution is 0.102. The number of rotatable bonds is 2. The van der Waals surface area contributed by atoms with E-state index >= 15 is 0 Å². The number of carbonyl (C=O) groups excluding carboxylic acids is 1. The average Bonchev–Trinajstić information content (AvgIpc) is 2.66. The molecule has 0 unspecified atom stereocenters. The Morgan fingerprint density at radius 3 is 2.81 bits per heavy atom. The molecular weight excluding hydrogens is 272 g/mol. The summed E-state index contributed by atoms with van der Waals surface area (Å²) < 4.78 is 12.6. The van der Waals surface area contributed by atoms with E-state index in [0.717, 1.165) is 6.42 Å². The van der Waals surface area contributed by atoms with Gasteiger partial charge < -0.3 is 20.5 Å². The predicted molar refractivity (Wildman–Crippen MR) is 77.6 cm³/mol. The summed E-state index contributed by atoms with van der Waals surface area (Å²) in [4.78, 5) is 12.1. The van der Waals surface area contributed by atoms with Gasteiger partial charge in [0.25, 0.3) is 5.91 Å². The van der Waals surface area contributed by atoms with E-state index in [0.29, 0.717) is 36.1 Å². The number of hydrogen-bond donors (Lipinski definition) is 2. The van der Waals surface area contributed by atoms with Crippen LogP contribution in [0, 0.1) is 0 Å². The minimum Gasteiger partial charge on any atom is -0.490 e. The highest BCUT2D eigenvalue weighted by molar-refractivity contribution is 6.06. The zero-order valence-electron chi connectivity index (χ0n) is 11.6. The van der Waals surface area contributed by atoms with E-state index in [9.17, 15) is 4.79 Å². The maximum Gasteiger partial charge on any atom is 0.278 e. The summed E-state index contributed by atoms with van der Waals surface area (Å²) in [5.74, 6) is 0.949. The number of ether oxygens (including phenoxy) is 2. The summed E-state index contributed by atoms with van der Waals surface area (Å²) in [5.41, 5.74) is 6.88. The van der Waals surface area contributed by atoms with Crippen LogP contribution in [0.25, 0.3) is 0 Å². The molecule has 2 heterocycles. The highest BCUT2D eigenvalue weighted by Gasteiger charge is 2.16. The first-order valence-electron chi connectivity index (χ1n) is 6.63. The molecule has 0 atom stereocenters. The van der Waals surface area contributed by atoms with E-state index in [4.69, 9.17) is 15.2 Å². The summed E-state index contributed by atoms with van der Waals surface area (Å²) in [6.45, 7) is 1.22. The van der Waals surface area contributed by atoms with Gasteiger partial charge in [0.1, 0.15) is 0 Å². The van der Waals surface area contributed by atoms with E-state index < -0.39 is 0 Å². The second kappa shape index (κ2) is 5.35. The maximum absolute atomic E-state index is 12.1. The van der Waals surface area contributed by atoms with Gasteiger partial charge in [-0.3, -0.25) is 9.48 Å². The SMILES string of the molecule is Cn1cc(N)c(C(=O)Nc2ccc3c(c2)OCCCO3)n1. The normalized spacial score (nSPS) is 13.6. The fraction of sp³-hybridized carbons (Fsp3) is 0.286. The van der Waals surface area contributed by atoms with Crippen molar-refractivity contribution in [2.75, 3.05) is 24.3 Å². The van der Waals surface area contributed by atoms with Crippen molar-refractivity contribution in [1.82, 2.24) is 9.78 Å². The van der Waals surface area contributed by atoms with Gasteiger partial charge in [-0.2, -0.15) is 5.10 Å². The first-order valence-corrected chi connectivity index (χ1v) is 6.63. The van der Waals surface area contributed by atoms with Gasteiger partial charge in [0.15, 0.2) is 17.2 Å². The van der Waals surface area contributed by atoms with Crippen LogP contribution in [0.2, 0.25) is 0 Å². The maximum atomic E-state index is 12.1. The van der Waals surface area contributed by atoms with Gasteiger partial charge in [0.2, 0.25) is 0 Å². The van der Waals surface area contributed by atoms with Crippen LogP contribution in [0.15, 0.2) is 24.4 Å². The number of aromatic nitrogens is 2. The van der Waals surface area contributed by atoms with E-state index in [1.54, 1.807) is 31.4 Å². The number of hydrogen-bond acceptors (Lipinski definition) is 5. The van der Waals surface area contributed by atoms with E-state index in [1.165, 1.54) is 4.68 Å². The number of aryl methyl sites for hydroxylation is 1. The zero-order valence-corrected chi connectivity index (χ0v) is 11.6. The summed E-state index contributed by atoms with van der Waals surface area (Å²) >= 11 is 0. The number of carbonyl (C=O) groups is 1. The quantitative estimate of drug-likeness (QED) is 0.872. The fourth-order valence-electron chi connectivity index (χ4n) is 2.11. The first-order chi connectivity index (χ1) is 10.1. The van der Waals surface area contributed by atoms with Crippen LogP contribution in [-0.4, -0.2) is 28.9 Å². The molecule has 1 aliphatic rings. The third kappa shape index (κ3) is 2.76. The molecule has 0 fully saturated rings. The smallest absolute Gasteiger partial charge is 0.278 e. The first kappa shape index (κ1) is 13.3. The molecular formula is C14H16N4O3. The van der Waals surface area contributed by atoms with Crippen molar-refractivity contribution < 1.29 is 14.3 Å². The molecule has 3 N–H and O–H groups in total. The predicted octanol–water partition coefficient (Wildman–Crippen LogP) is 1.42. The van der Waals surface area contributed by atoms with Crippen molar-refractivity contribution in [3.63, 3.8) is 0 Å². The fourth-order valence-corrected chi connectivity index (χ4v) is 2.11. The summed E-state index contributed by atoms with van der Waals surface area (Å²) in [6.07, 6.45) is 2.42. The Balaban J connectivity index is 1.80. The number of benzene rings is 1. The van der Waals surface area contributed by atoms with E-state index in [2.05, 4.69) is 10.4 Å². The zero-order chi connectivity index (χ0) is 14.8. The molecule has 1 aromatic heterocycles. The van der Waals surface area contributed by atoms with Gasteiger partial charge in [-0.15, -0.1) is 0 Å². The van der Waals surface area contributed by atoms with Crippen LogP contribution in [-0.2, 0) is 7.05 Å². The number of nitrogens with one attached hydrogen (secondary N) is 1. The summed E-state index contributed by atoms with van der Waals surface area (Å²) in [5, 5.41) is 6.79. The van der Waals surface area contributed by atoms with E-state index in [1.807, 2.05) is 0 Å². The second-order valence-electron chi connectivity index (χ2n) is 4.77. The molecule has 0 aliphatic carbocycles. The van der Waals surface area contributed by atoms with Crippen molar-refractivity contribution >= 4 is 17.3 Å². The molecule has 3 rings (SSSR count). The molecule has 0 saturated heterocycles. The molecule has 0 saturated carbocycles. The van der Waals surface area contributed by atoms with Crippen molar-refractivity contribution in [3.8, 4) is 11.5 Å². The molecule has 7 nitrogen and oxygen atoms in total. The van der Waals surface area contributed by atoms with Crippen molar-refractivity contribution in [3.05, 3.63) is 30.1 Å². The highest BCUT2D eigenvalue weighted by Crippen LogP contribution is 2.32. The minimum absolute atomic E-state index is 0.199. The number of nitrogen functional groups attached to an aromatic ring is 1. The van der Waals surface area contributed by atoms with Crippen LogP contribution < -0.4 is 20.5 Å². The van der Waals surface area contributed by atoms with E-state index in [-0.39, 0.29) is 11.6 Å². The van der Waals surface area contributed by atoms with Crippen molar-refractivity contribution in [1.29, 1.82) is 0 Å². The van der Waals surface area contributed by atoms with Gasteiger partial charge in [0, 0.05) is 31.4 Å². The molecule has 0 radical (unpaired) electrons. The molecule has 0 spiro atoms. The number of nitrogens with zero attached hydrogens (tertiary/aromatic N) is 2. The highest BCUT2D eigenvalue weighted by atomic mass is 16.5. The molecule has 2 aromatic rings. The van der Waals surface area contributed by atoms with Crippen LogP contribution >= 0.6 is 0 Å². The van der Waals surface area contributed by atoms with Crippen LogP contribution in [0.1, 0.15) is 16.9 Å². The topological polar surface area (TPSA) is 91.4 Å². The molecule has 21 heavy (non-hydrogen) atoms. The molecule has 1 aromatic carbocycles. The number of amides is 1. The largest absolute Gasteiger partial charge is 0.490 e. The number of anilines is 2. The number of fused-ring (bicyclic) bond motifs is 1. The Morgan fingerprint density at radius 2 is 2.10 bits per heavy atom. The molecule has 1 amide bonds. The Bertz CT molecular complexity index is 681. The molecule has 110 valence electrons. The van der Waals surface area contributed by atoms with Gasteiger partial charge in [-0.05, 0) is 12.1 Å². The van der Waals surface area contributed by atoms with Crippen molar-refractivity contribution in [2.24, 2.45) is 7.05 Å². The Hall–Kier alpha value is -2.70. The van der Waals surface area contributed by atoms with Gasteiger partial charge in [-0.25, -0.2) is 0 Å². The Labute approximate surface area is 121 Å². The summed E-state index contributed by atoms with van der Waals surface area (Å²) in [7, 11) is 1.71. The Morgan fingerprint density at radius 1 is 1.33 bits per heavy atom. The van der Waals surface area contributed by atoms with Gasteiger partial charge in [0.05, 0.1) is 18.9 Å². The van der Waals surface area contributed by atoms with Crippen LogP contribution in [0.3, 0.4) is 0 Å². The van der Waals surface area contributed by atoms with Gasteiger partial charge in [-0.1, -0.05) is 0 Å².